The van der Waals surface area contributed by atoms with Crippen LogP contribution in [0.1, 0.15) is 51.0 Å². The van der Waals surface area contributed by atoms with Crippen molar-refractivity contribution >= 4 is 22.7 Å². The number of ether oxygens (including phenoxy) is 2. The summed E-state index contributed by atoms with van der Waals surface area (Å²) in [7, 11) is 0. The van der Waals surface area contributed by atoms with Gasteiger partial charge in [-0.25, -0.2) is 4.98 Å². The monoisotopic (exact) mass is 469 g/mol. The fraction of sp³-hybridized carbons (Fsp3) is 0.625. The summed E-state index contributed by atoms with van der Waals surface area (Å²) >= 11 is 0. The summed E-state index contributed by atoms with van der Waals surface area (Å²) in [6.07, 6.45) is 13.7. The molecule has 3 aromatic heterocycles. The average Bonchev–Trinajstić information content (AvgIpc) is 3.57. The van der Waals surface area contributed by atoms with Crippen molar-refractivity contribution in [1.29, 1.82) is 0 Å². The van der Waals surface area contributed by atoms with Crippen molar-refractivity contribution in [1.82, 2.24) is 30.4 Å². The molecule has 10 nitrogen and oxygen atoms in total. The lowest BCUT2D eigenvalue weighted by molar-refractivity contribution is 0.109. The van der Waals surface area contributed by atoms with E-state index < -0.39 is 0 Å². The smallest absolute Gasteiger partial charge is 0.263 e. The fourth-order valence-electron chi connectivity index (χ4n) is 4.63. The minimum absolute atomic E-state index is 0.201. The van der Waals surface area contributed by atoms with Gasteiger partial charge in [0.05, 0.1) is 37.4 Å². The van der Waals surface area contributed by atoms with E-state index in [1.54, 1.807) is 6.26 Å². The Morgan fingerprint density at radius 2 is 1.76 bits per heavy atom. The Balaban J connectivity index is 0.000000351. The Hall–Kier alpha value is -2.69. The quantitative estimate of drug-likeness (QED) is 0.518. The number of hydrogen-bond acceptors (Lipinski definition) is 9. The zero-order valence-corrected chi connectivity index (χ0v) is 19.7. The highest BCUT2D eigenvalue weighted by molar-refractivity contribution is 5.79. The second-order valence-corrected chi connectivity index (χ2v) is 9.04. The zero-order valence-electron chi connectivity index (χ0n) is 19.7. The van der Waals surface area contributed by atoms with Gasteiger partial charge in [0.15, 0.2) is 0 Å². The molecule has 5 heterocycles. The first-order valence-corrected chi connectivity index (χ1v) is 12.6. The van der Waals surface area contributed by atoms with E-state index in [-0.39, 0.29) is 6.10 Å². The summed E-state index contributed by atoms with van der Waals surface area (Å²) < 4.78 is 18.8. The molecule has 10 heteroatoms. The number of morpholine rings is 1. The molecule has 184 valence electrons. The van der Waals surface area contributed by atoms with Gasteiger partial charge in [-0.2, -0.15) is 10.1 Å². The lowest BCUT2D eigenvalue weighted by Crippen LogP contribution is -2.30. The first-order valence-electron chi connectivity index (χ1n) is 12.6. The van der Waals surface area contributed by atoms with Gasteiger partial charge < -0.3 is 29.8 Å². The van der Waals surface area contributed by atoms with Crippen LogP contribution in [0.15, 0.2) is 29.1 Å². The Morgan fingerprint density at radius 1 is 0.971 bits per heavy atom. The lowest BCUT2D eigenvalue weighted by atomic mass is 9.98. The van der Waals surface area contributed by atoms with Crippen LogP contribution in [0.5, 0.6) is 5.88 Å². The highest BCUT2D eigenvalue weighted by Crippen LogP contribution is 2.30. The molecular weight excluding hydrogens is 434 g/mol. The number of furan rings is 1. The highest BCUT2D eigenvalue weighted by Gasteiger charge is 2.20. The summed E-state index contributed by atoms with van der Waals surface area (Å²) in [6, 6.07) is 2.29. The first kappa shape index (κ1) is 23.1. The van der Waals surface area contributed by atoms with E-state index in [0.29, 0.717) is 23.5 Å². The fourth-order valence-corrected chi connectivity index (χ4v) is 4.63. The minimum atomic E-state index is 0.201. The molecule has 3 N–H and O–H groups in total. The van der Waals surface area contributed by atoms with Gasteiger partial charge in [-0.3, -0.25) is 4.68 Å². The molecular formula is C24H35N7O3. The van der Waals surface area contributed by atoms with Crippen molar-refractivity contribution in [2.45, 2.75) is 57.1 Å². The number of aromatic nitrogens is 4. The molecule has 0 amide bonds. The molecule has 3 aliphatic rings. The van der Waals surface area contributed by atoms with Gasteiger partial charge in [-0.1, -0.05) is 6.42 Å². The summed E-state index contributed by atoms with van der Waals surface area (Å²) in [5, 5.41) is 14.4. The van der Waals surface area contributed by atoms with E-state index in [1.807, 2.05) is 23.1 Å². The Kier molecular flexibility index (Phi) is 7.89. The molecule has 6 rings (SSSR count). The molecule has 2 saturated heterocycles. The molecule has 34 heavy (non-hydrogen) atoms. The number of fused-ring (bicyclic) bond motifs is 1. The van der Waals surface area contributed by atoms with Crippen LogP contribution in [0, 0.1) is 0 Å². The second kappa shape index (κ2) is 11.6. The lowest BCUT2D eigenvalue weighted by Gasteiger charge is -2.22. The van der Waals surface area contributed by atoms with Crippen molar-refractivity contribution < 1.29 is 13.9 Å². The number of piperidine rings is 1. The van der Waals surface area contributed by atoms with Crippen LogP contribution in [-0.4, -0.2) is 65.2 Å². The molecule has 0 spiro atoms. The van der Waals surface area contributed by atoms with Crippen LogP contribution in [0.25, 0.3) is 11.1 Å². The third-order valence-electron chi connectivity index (χ3n) is 6.49. The Bertz CT molecular complexity index is 1010. The maximum absolute atomic E-state index is 6.19. The normalized spacial score (nSPS) is 20.0. The third kappa shape index (κ3) is 6.05. The van der Waals surface area contributed by atoms with Crippen LogP contribution < -0.4 is 20.7 Å². The van der Waals surface area contributed by atoms with Crippen LogP contribution in [-0.2, 0) is 4.74 Å². The Morgan fingerprint density at radius 3 is 2.50 bits per heavy atom. The van der Waals surface area contributed by atoms with E-state index >= 15 is 0 Å². The molecule has 1 saturated carbocycles. The van der Waals surface area contributed by atoms with Gasteiger partial charge in [0, 0.05) is 25.4 Å². The first-order chi connectivity index (χ1) is 16.8. The second-order valence-electron chi connectivity index (χ2n) is 9.04. The zero-order chi connectivity index (χ0) is 23.0. The van der Waals surface area contributed by atoms with Crippen molar-refractivity contribution in [2.24, 2.45) is 0 Å². The summed E-state index contributed by atoms with van der Waals surface area (Å²) in [5.41, 5.74) is 2.24. The third-order valence-corrected chi connectivity index (χ3v) is 6.49. The van der Waals surface area contributed by atoms with E-state index in [4.69, 9.17) is 13.9 Å². The molecule has 1 aliphatic carbocycles. The van der Waals surface area contributed by atoms with Gasteiger partial charge in [-0.05, 0) is 51.6 Å². The number of nitrogens with zero attached hydrogens (tertiary/aromatic N) is 4. The van der Waals surface area contributed by atoms with Crippen LogP contribution in [0.2, 0.25) is 0 Å². The largest absolute Gasteiger partial charge is 0.472 e. The van der Waals surface area contributed by atoms with Gasteiger partial charge in [0.25, 0.3) is 5.88 Å². The van der Waals surface area contributed by atoms with E-state index in [9.17, 15) is 0 Å². The predicted octanol–water partition coefficient (Wildman–Crippen LogP) is 3.41. The van der Waals surface area contributed by atoms with Crippen molar-refractivity contribution in [3.8, 4) is 5.88 Å². The van der Waals surface area contributed by atoms with Crippen molar-refractivity contribution in [3.63, 3.8) is 0 Å². The number of rotatable bonds is 5. The molecule has 0 unspecified atom stereocenters. The molecule has 2 aliphatic heterocycles. The average molecular weight is 470 g/mol. The predicted molar refractivity (Wildman–Crippen MR) is 130 cm³/mol. The van der Waals surface area contributed by atoms with Gasteiger partial charge in [-0.15, -0.1) is 0 Å². The Labute approximate surface area is 199 Å². The molecule has 3 fully saturated rings. The van der Waals surface area contributed by atoms with E-state index in [2.05, 4.69) is 31.0 Å². The highest BCUT2D eigenvalue weighted by atomic mass is 16.5. The summed E-state index contributed by atoms with van der Waals surface area (Å²) in [5.74, 6) is 1.03. The standard InChI is InChI=1S/C20H26N6O2.C4H9NO/c1-2-4-16(5-3-1)28-19-18-17(8-11-27-18)24-20(25-19)23-14-12-22-26(13-14)15-6-9-21-10-7-15;1-3-6-4-2-5-1/h8,11-13,15-16,21H,1-7,9-10H2,(H,23,24,25);5H,1-4H2. The van der Waals surface area contributed by atoms with Gasteiger partial charge in [0.1, 0.15) is 11.6 Å². The van der Waals surface area contributed by atoms with E-state index in [1.165, 1.54) is 19.3 Å². The molecule has 0 aromatic carbocycles. The topological polar surface area (TPSA) is 111 Å². The summed E-state index contributed by atoms with van der Waals surface area (Å²) in [4.78, 5) is 9.16. The van der Waals surface area contributed by atoms with Gasteiger partial charge in [0.2, 0.25) is 11.5 Å². The van der Waals surface area contributed by atoms with Crippen LogP contribution in [0.4, 0.5) is 11.6 Å². The van der Waals surface area contributed by atoms with Crippen LogP contribution in [0.3, 0.4) is 0 Å². The van der Waals surface area contributed by atoms with Crippen molar-refractivity contribution in [3.05, 3.63) is 24.7 Å². The maximum Gasteiger partial charge on any atom is 0.263 e. The summed E-state index contributed by atoms with van der Waals surface area (Å²) in [6.45, 7) is 5.91. The van der Waals surface area contributed by atoms with E-state index in [0.717, 1.165) is 76.3 Å². The molecule has 0 radical (unpaired) electrons. The van der Waals surface area contributed by atoms with Crippen molar-refractivity contribution in [2.75, 3.05) is 44.7 Å². The minimum Gasteiger partial charge on any atom is -0.472 e. The number of hydrogen-bond donors (Lipinski definition) is 3. The molecule has 0 atom stereocenters. The molecule has 3 aromatic rings. The van der Waals surface area contributed by atoms with Gasteiger partial charge >= 0.3 is 0 Å². The molecule has 0 bridgehead atoms. The van der Waals surface area contributed by atoms with Crippen LogP contribution >= 0.6 is 0 Å². The SMILES string of the molecule is C1COCCN1.c1cc2nc(Nc3cnn(C4CCNCC4)c3)nc(OC3CCCCC3)c2o1. The number of anilines is 2. The number of nitrogens with one attached hydrogen (secondary N) is 3. The maximum atomic E-state index is 6.19.